The summed E-state index contributed by atoms with van der Waals surface area (Å²) in [5.74, 6) is -0.980. The number of rotatable bonds is 4. The summed E-state index contributed by atoms with van der Waals surface area (Å²) in [4.78, 5) is 30.3. The van der Waals surface area contributed by atoms with Crippen LogP contribution in [0.25, 0.3) is 11.1 Å². The highest BCUT2D eigenvalue weighted by atomic mass is 32.2. The molecule has 1 aliphatic heterocycles. The summed E-state index contributed by atoms with van der Waals surface area (Å²) in [7, 11) is -2.22. The first kappa shape index (κ1) is 24.3. The van der Waals surface area contributed by atoms with E-state index in [1.165, 1.54) is 20.0 Å². The molecule has 35 heavy (non-hydrogen) atoms. The maximum absolute atomic E-state index is 14.7. The molecule has 0 saturated heterocycles. The number of ether oxygens (including phenoxy) is 1. The number of amides is 2. The fourth-order valence-corrected chi connectivity index (χ4v) is 4.72. The number of benzene rings is 2. The Hall–Kier alpha value is -3.79. The van der Waals surface area contributed by atoms with E-state index in [1.807, 2.05) is 18.2 Å². The van der Waals surface area contributed by atoms with Crippen molar-refractivity contribution in [2.24, 2.45) is 0 Å². The number of halogens is 1. The Balaban J connectivity index is 1.63. The monoisotopic (exact) mass is 497 g/mol. The summed E-state index contributed by atoms with van der Waals surface area (Å²) in [6.07, 6.45) is 2.52. The lowest BCUT2D eigenvalue weighted by atomic mass is 10.0. The summed E-state index contributed by atoms with van der Waals surface area (Å²) >= 11 is 0. The molecular formula is C25H24FN3O5S. The highest BCUT2D eigenvalue weighted by molar-refractivity contribution is 7.90. The number of carbonyl (C=O) groups is 2. The van der Waals surface area contributed by atoms with Gasteiger partial charge in [0.05, 0.1) is 6.54 Å². The van der Waals surface area contributed by atoms with Gasteiger partial charge in [0, 0.05) is 42.7 Å². The first-order valence-corrected chi connectivity index (χ1v) is 12.7. The summed E-state index contributed by atoms with van der Waals surface area (Å²) in [5, 5.41) is 2.53. The standard InChI is InChI=1S/C25H24FN3O5S/c1-15-19(6-9-22(23(15)26)35(3,32)33)25(31)29-10-11-34-21-8-5-16(12-18(21)14-29)17-4-7-20(28-13-17)24(30)27-2/h4-9,12-13H,10-11,14H2,1-3H3,(H,27,30). The maximum Gasteiger partial charge on any atom is 0.269 e. The smallest absolute Gasteiger partial charge is 0.269 e. The number of carbonyl (C=O) groups excluding carboxylic acids is 2. The van der Waals surface area contributed by atoms with Crippen LogP contribution < -0.4 is 10.1 Å². The lowest BCUT2D eigenvalue weighted by molar-refractivity contribution is 0.0731. The van der Waals surface area contributed by atoms with E-state index in [0.717, 1.165) is 29.0 Å². The molecule has 0 radical (unpaired) electrons. The third-order valence-corrected chi connectivity index (χ3v) is 6.98. The molecule has 0 bridgehead atoms. The predicted molar refractivity (Wildman–Crippen MR) is 128 cm³/mol. The topological polar surface area (TPSA) is 106 Å². The minimum Gasteiger partial charge on any atom is -0.491 e. The molecule has 4 rings (SSSR count). The maximum atomic E-state index is 14.7. The largest absolute Gasteiger partial charge is 0.491 e. The van der Waals surface area contributed by atoms with Gasteiger partial charge in [-0.25, -0.2) is 12.8 Å². The number of aromatic nitrogens is 1. The molecule has 0 unspecified atom stereocenters. The van der Waals surface area contributed by atoms with Crippen LogP contribution >= 0.6 is 0 Å². The number of hydrogen-bond acceptors (Lipinski definition) is 6. The number of nitrogens with zero attached hydrogens (tertiary/aromatic N) is 2. The molecule has 2 aromatic carbocycles. The van der Waals surface area contributed by atoms with Gasteiger partial charge in [-0.15, -0.1) is 0 Å². The van der Waals surface area contributed by atoms with Crippen LogP contribution in [-0.4, -0.2) is 56.6 Å². The van der Waals surface area contributed by atoms with E-state index >= 15 is 0 Å². The average molecular weight is 498 g/mol. The SMILES string of the molecule is CNC(=O)c1ccc(-c2ccc3c(c2)CN(C(=O)c2ccc(S(C)(=O)=O)c(F)c2C)CCO3)cn1. The normalized spacial score (nSPS) is 13.4. The molecule has 1 aromatic heterocycles. The van der Waals surface area contributed by atoms with Gasteiger partial charge in [0.25, 0.3) is 11.8 Å². The second-order valence-corrected chi connectivity index (χ2v) is 10.2. The van der Waals surface area contributed by atoms with Gasteiger partial charge >= 0.3 is 0 Å². The minimum atomic E-state index is -3.76. The lowest BCUT2D eigenvalue weighted by Gasteiger charge is -2.21. The number of sulfone groups is 1. The molecule has 182 valence electrons. The molecule has 3 aromatic rings. The van der Waals surface area contributed by atoms with Crippen molar-refractivity contribution < 1.29 is 27.1 Å². The van der Waals surface area contributed by atoms with Gasteiger partial charge in [0.1, 0.15) is 28.8 Å². The molecule has 10 heteroatoms. The summed E-state index contributed by atoms with van der Waals surface area (Å²) in [6, 6.07) is 11.5. The molecule has 1 N–H and O–H groups in total. The van der Waals surface area contributed by atoms with Crippen LogP contribution in [0.5, 0.6) is 5.75 Å². The third-order valence-electron chi connectivity index (χ3n) is 5.87. The number of hydrogen-bond donors (Lipinski definition) is 1. The number of fused-ring (bicyclic) bond motifs is 1. The van der Waals surface area contributed by atoms with Crippen LogP contribution in [0.4, 0.5) is 4.39 Å². The molecule has 0 spiro atoms. The minimum absolute atomic E-state index is 0.0145. The van der Waals surface area contributed by atoms with Crippen LogP contribution in [0.15, 0.2) is 53.6 Å². The van der Waals surface area contributed by atoms with Crippen molar-refractivity contribution in [1.82, 2.24) is 15.2 Å². The first-order chi connectivity index (χ1) is 16.6. The van der Waals surface area contributed by atoms with Crippen molar-refractivity contribution in [1.29, 1.82) is 0 Å². The summed E-state index contributed by atoms with van der Waals surface area (Å²) in [6.45, 7) is 2.15. The predicted octanol–water partition coefficient (Wildman–Crippen LogP) is 2.99. The second kappa shape index (κ2) is 9.46. The van der Waals surface area contributed by atoms with Gasteiger partial charge in [-0.2, -0.15) is 0 Å². The lowest BCUT2D eigenvalue weighted by Crippen LogP contribution is -2.33. The zero-order valence-electron chi connectivity index (χ0n) is 19.5. The second-order valence-electron chi connectivity index (χ2n) is 8.23. The van der Waals surface area contributed by atoms with Crippen molar-refractivity contribution >= 4 is 21.7 Å². The number of pyridine rings is 1. The summed E-state index contributed by atoms with van der Waals surface area (Å²) < 4.78 is 44.2. The average Bonchev–Trinajstić information content (AvgIpc) is 3.06. The zero-order chi connectivity index (χ0) is 25.3. The molecule has 2 heterocycles. The molecule has 0 fully saturated rings. The van der Waals surface area contributed by atoms with Crippen LogP contribution in [0.1, 0.15) is 32.0 Å². The van der Waals surface area contributed by atoms with Crippen LogP contribution in [0.3, 0.4) is 0 Å². The van der Waals surface area contributed by atoms with Gasteiger partial charge in [-0.1, -0.05) is 12.1 Å². The van der Waals surface area contributed by atoms with Crippen molar-refractivity contribution in [3.8, 4) is 16.9 Å². The Morgan fingerprint density at radius 3 is 2.51 bits per heavy atom. The number of nitrogens with one attached hydrogen (secondary N) is 1. The van der Waals surface area contributed by atoms with Crippen molar-refractivity contribution in [3.63, 3.8) is 0 Å². The van der Waals surface area contributed by atoms with Gasteiger partial charge in [-0.3, -0.25) is 14.6 Å². The van der Waals surface area contributed by atoms with Gasteiger partial charge in [0.15, 0.2) is 9.84 Å². The van der Waals surface area contributed by atoms with E-state index in [1.54, 1.807) is 23.2 Å². The Labute approximate surface area is 202 Å². The fraction of sp³-hybridized carbons (Fsp3) is 0.240. The molecule has 8 nitrogen and oxygen atoms in total. The molecule has 0 aliphatic carbocycles. The summed E-state index contributed by atoms with van der Waals surface area (Å²) in [5.41, 5.74) is 2.77. The van der Waals surface area contributed by atoms with E-state index in [0.29, 0.717) is 11.4 Å². The first-order valence-electron chi connectivity index (χ1n) is 10.8. The molecule has 0 saturated carbocycles. The van der Waals surface area contributed by atoms with Crippen molar-refractivity contribution in [2.45, 2.75) is 18.4 Å². The third kappa shape index (κ3) is 4.88. The van der Waals surface area contributed by atoms with E-state index in [9.17, 15) is 22.4 Å². The molecule has 0 atom stereocenters. The van der Waals surface area contributed by atoms with Gasteiger partial charge < -0.3 is 15.0 Å². The van der Waals surface area contributed by atoms with E-state index < -0.39 is 26.5 Å². The van der Waals surface area contributed by atoms with Gasteiger partial charge in [0.2, 0.25) is 0 Å². The van der Waals surface area contributed by atoms with Crippen LogP contribution in [0.2, 0.25) is 0 Å². The molecule has 2 amide bonds. The zero-order valence-corrected chi connectivity index (χ0v) is 20.3. The van der Waals surface area contributed by atoms with Gasteiger partial charge in [-0.05, 0) is 48.4 Å². The van der Waals surface area contributed by atoms with Crippen LogP contribution in [-0.2, 0) is 16.4 Å². The highest BCUT2D eigenvalue weighted by Crippen LogP contribution is 2.30. The quantitative estimate of drug-likeness (QED) is 0.594. The van der Waals surface area contributed by atoms with Crippen LogP contribution in [0, 0.1) is 12.7 Å². The Bertz CT molecular complexity index is 1420. The van der Waals surface area contributed by atoms with Crippen molar-refractivity contribution in [2.75, 3.05) is 26.5 Å². The Morgan fingerprint density at radius 1 is 1.11 bits per heavy atom. The molecular weight excluding hydrogens is 473 g/mol. The highest BCUT2D eigenvalue weighted by Gasteiger charge is 2.26. The Morgan fingerprint density at radius 2 is 1.86 bits per heavy atom. The van der Waals surface area contributed by atoms with Crippen molar-refractivity contribution in [3.05, 3.63) is 76.9 Å². The fourth-order valence-electron chi connectivity index (χ4n) is 3.92. The molecule has 1 aliphatic rings. The Kier molecular flexibility index (Phi) is 6.58. The van der Waals surface area contributed by atoms with E-state index in [2.05, 4.69) is 10.3 Å². The van der Waals surface area contributed by atoms with E-state index in [-0.39, 0.29) is 36.7 Å². The van der Waals surface area contributed by atoms with E-state index in [4.69, 9.17) is 4.74 Å².